The molecule has 0 atom stereocenters. The Morgan fingerprint density at radius 2 is 1.81 bits per heavy atom. The predicted octanol–water partition coefficient (Wildman–Crippen LogP) is 4.15. The Hall–Kier alpha value is -2.06. The van der Waals surface area contributed by atoms with E-state index >= 15 is 0 Å². The van der Waals surface area contributed by atoms with Gasteiger partial charge in [-0.3, -0.25) is 0 Å². The fourth-order valence-electron chi connectivity index (χ4n) is 2.89. The molecule has 0 aromatic heterocycles. The maximum absolute atomic E-state index is 11.2. The molecule has 0 fully saturated rings. The van der Waals surface area contributed by atoms with E-state index < -0.39 is 5.97 Å². The molecule has 0 bridgehead atoms. The maximum atomic E-state index is 11.2. The second-order valence-corrected chi connectivity index (χ2v) is 5.41. The van der Waals surface area contributed by atoms with Crippen molar-refractivity contribution in [1.29, 1.82) is 0 Å². The van der Waals surface area contributed by atoms with Crippen LogP contribution in [0.2, 0.25) is 0 Å². The molecule has 0 amide bonds. The molecular formula is C18H15ClO2. The van der Waals surface area contributed by atoms with Crippen LogP contribution in [0.3, 0.4) is 0 Å². The fraction of sp³-hybridized carbons (Fsp3) is 0.167. The minimum Gasteiger partial charge on any atom is -0.478 e. The summed E-state index contributed by atoms with van der Waals surface area (Å²) in [5, 5.41) is 9.22. The van der Waals surface area contributed by atoms with E-state index in [0.717, 1.165) is 29.5 Å². The van der Waals surface area contributed by atoms with Gasteiger partial charge in [-0.2, -0.15) is 0 Å². The zero-order chi connectivity index (χ0) is 14.8. The molecule has 0 radical (unpaired) electrons. The molecule has 0 spiro atoms. The number of alkyl halides is 1. The van der Waals surface area contributed by atoms with Gasteiger partial charge in [0.25, 0.3) is 0 Å². The summed E-state index contributed by atoms with van der Waals surface area (Å²) < 4.78 is 0. The van der Waals surface area contributed by atoms with E-state index in [1.165, 1.54) is 11.1 Å². The standard InChI is InChI=1S/C18H15ClO2/c19-10-9-16-15-4-2-1-3-12(15)5-6-13-7-8-14(18(20)21)11-17(13)16/h1-4,7-9,11H,5-6,10H2,(H,20,21)/b16-9-. The first-order valence-electron chi connectivity index (χ1n) is 6.91. The van der Waals surface area contributed by atoms with Gasteiger partial charge in [0.15, 0.2) is 0 Å². The van der Waals surface area contributed by atoms with Crippen molar-refractivity contribution in [2.24, 2.45) is 0 Å². The second kappa shape index (κ2) is 5.74. The Bertz CT molecular complexity index is 732. The van der Waals surface area contributed by atoms with Crippen LogP contribution in [0.4, 0.5) is 0 Å². The first kappa shape index (κ1) is 13.9. The molecule has 3 heteroatoms. The quantitative estimate of drug-likeness (QED) is 0.846. The van der Waals surface area contributed by atoms with Crippen molar-refractivity contribution < 1.29 is 9.90 Å². The molecule has 3 rings (SSSR count). The molecule has 2 aromatic carbocycles. The molecule has 2 aromatic rings. The number of rotatable bonds is 2. The molecule has 0 aliphatic heterocycles. The zero-order valence-electron chi connectivity index (χ0n) is 11.5. The summed E-state index contributed by atoms with van der Waals surface area (Å²) in [6, 6.07) is 13.6. The van der Waals surface area contributed by atoms with Crippen molar-refractivity contribution in [2.45, 2.75) is 12.8 Å². The van der Waals surface area contributed by atoms with Gasteiger partial charge in [0.1, 0.15) is 0 Å². The van der Waals surface area contributed by atoms with Gasteiger partial charge in [-0.05, 0) is 52.8 Å². The van der Waals surface area contributed by atoms with Crippen molar-refractivity contribution in [2.75, 3.05) is 5.88 Å². The van der Waals surface area contributed by atoms with Gasteiger partial charge in [-0.15, -0.1) is 11.6 Å². The number of aromatic carboxylic acids is 1. The first-order valence-corrected chi connectivity index (χ1v) is 7.45. The Labute approximate surface area is 128 Å². The Kier molecular flexibility index (Phi) is 3.80. The average molecular weight is 299 g/mol. The normalized spacial score (nSPS) is 15.2. The average Bonchev–Trinajstić information content (AvgIpc) is 2.65. The van der Waals surface area contributed by atoms with Crippen LogP contribution < -0.4 is 0 Å². The fourth-order valence-corrected chi connectivity index (χ4v) is 3.05. The van der Waals surface area contributed by atoms with Crippen molar-refractivity contribution in [3.05, 3.63) is 76.4 Å². The lowest BCUT2D eigenvalue weighted by Gasteiger charge is -2.12. The maximum Gasteiger partial charge on any atom is 0.335 e. The molecule has 1 aliphatic carbocycles. The Balaban J connectivity index is 2.24. The van der Waals surface area contributed by atoms with E-state index in [1.807, 2.05) is 24.3 Å². The van der Waals surface area contributed by atoms with Crippen molar-refractivity contribution >= 4 is 23.1 Å². The lowest BCUT2D eigenvalue weighted by atomic mass is 9.92. The predicted molar refractivity (Wildman–Crippen MR) is 85.1 cm³/mol. The van der Waals surface area contributed by atoms with Crippen LogP contribution in [0, 0.1) is 0 Å². The van der Waals surface area contributed by atoms with E-state index in [2.05, 4.69) is 12.1 Å². The molecule has 0 heterocycles. The lowest BCUT2D eigenvalue weighted by molar-refractivity contribution is 0.0697. The smallest absolute Gasteiger partial charge is 0.335 e. The minimum absolute atomic E-state index is 0.314. The van der Waals surface area contributed by atoms with E-state index in [9.17, 15) is 9.90 Å². The summed E-state index contributed by atoms with van der Waals surface area (Å²) in [7, 11) is 0. The number of carbonyl (C=O) groups is 1. The highest BCUT2D eigenvalue weighted by atomic mass is 35.5. The molecular weight excluding hydrogens is 284 g/mol. The number of benzene rings is 2. The molecule has 21 heavy (non-hydrogen) atoms. The number of carboxylic acid groups (broad SMARTS) is 1. The van der Waals surface area contributed by atoms with Gasteiger partial charge in [-0.25, -0.2) is 4.79 Å². The third kappa shape index (κ3) is 2.59. The highest BCUT2D eigenvalue weighted by Crippen LogP contribution is 2.34. The molecule has 1 aliphatic rings. The number of halogens is 1. The van der Waals surface area contributed by atoms with Crippen molar-refractivity contribution in [1.82, 2.24) is 0 Å². The molecule has 106 valence electrons. The van der Waals surface area contributed by atoms with Crippen LogP contribution in [0.5, 0.6) is 0 Å². The van der Waals surface area contributed by atoms with Gasteiger partial charge in [0.05, 0.1) is 5.56 Å². The van der Waals surface area contributed by atoms with Crippen molar-refractivity contribution in [3.8, 4) is 0 Å². The van der Waals surface area contributed by atoms with Crippen LogP contribution in [0.1, 0.15) is 32.6 Å². The molecule has 0 saturated carbocycles. The zero-order valence-corrected chi connectivity index (χ0v) is 12.2. The lowest BCUT2D eigenvalue weighted by Crippen LogP contribution is -2.00. The van der Waals surface area contributed by atoms with E-state index in [4.69, 9.17) is 11.6 Å². The number of hydrogen-bond acceptors (Lipinski definition) is 1. The van der Waals surface area contributed by atoms with Gasteiger partial charge in [0.2, 0.25) is 0 Å². The Morgan fingerprint density at radius 3 is 2.52 bits per heavy atom. The summed E-state index contributed by atoms with van der Waals surface area (Å²) in [5.74, 6) is -0.499. The molecule has 1 N–H and O–H groups in total. The van der Waals surface area contributed by atoms with Crippen LogP contribution in [-0.4, -0.2) is 17.0 Å². The monoisotopic (exact) mass is 298 g/mol. The largest absolute Gasteiger partial charge is 0.478 e. The number of fused-ring (bicyclic) bond motifs is 2. The molecule has 0 saturated heterocycles. The third-order valence-corrected chi connectivity index (χ3v) is 4.05. The van der Waals surface area contributed by atoms with Crippen LogP contribution in [0.15, 0.2) is 48.5 Å². The van der Waals surface area contributed by atoms with E-state index in [0.29, 0.717) is 11.4 Å². The van der Waals surface area contributed by atoms with Crippen LogP contribution in [-0.2, 0) is 12.8 Å². The summed E-state index contributed by atoms with van der Waals surface area (Å²) in [6.07, 6.45) is 3.83. The van der Waals surface area contributed by atoms with Gasteiger partial charge >= 0.3 is 5.97 Å². The number of allylic oxidation sites excluding steroid dienone is 1. The topological polar surface area (TPSA) is 37.3 Å². The highest BCUT2D eigenvalue weighted by Gasteiger charge is 2.19. The SMILES string of the molecule is O=C(O)c1ccc2c(c1)/C(=C\CCl)c1ccccc1CC2. The van der Waals surface area contributed by atoms with Crippen LogP contribution >= 0.6 is 11.6 Å². The van der Waals surface area contributed by atoms with Gasteiger partial charge in [0, 0.05) is 5.88 Å². The number of hydrogen-bond donors (Lipinski definition) is 1. The molecule has 0 unspecified atom stereocenters. The first-order chi connectivity index (χ1) is 10.2. The Morgan fingerprint density at radius 1 is 1.10 bits per heavy atom. The second-order valence-electron chi connectivity index (χ2n) is 5.11. The number of aryl methyl sites for hydroxylation is 2. The van der Waals surface area contributed by atoms with E-state index in [-0.39, 0.29) is 0 Å². The summed E-state index contributed by atoms with van der Waals surface area (Å²) >= 11 is 5.93. The minimum atomic E-state index is -0.902. The van der Waals surface area contributed by atoms with Crippen molar-refractivity contribution in [3.63, 3.8) is 0 Å². The summed E-state index contributed by atoms with van der Waals surface area (Å²) in [5.41, 5.74) is 5.94. The summed E-state index contributed by atoms with van der Waals surface area (Å²) in [6.45, 7) is 0. The third-order valence-electron chi connectivity index (χ3n) is 3.90. The van der Waals surface area contributed by atoms with Crippen LogP contribution in [0.25, 0.3) is 5.57 Å². The number of carboxylic acids is 1. The molecule has 2 nitrogen and oxygen atoms in total. The summed E-state index contributed by atoms with van der Waals surface area (Å²) in [4.78, 5) is 11.2. The van der Waals surface area contributed by atoms with E-state index in [1.54, 1.807) is 12.1 Å². The van der Waals surface area contributed by atoms with Gasteiger partial charge < -0.3 is 5.11 Å². The highest BCUT2D eigenvalue weighted by molar-refractivity contribution is 6.19. The van der Waals surface area contributed by atoms with Gasteiger partial charge in [-0.1, -0.05) is 36.4 Å².